The number of rotatable bonds is 9. The highest BCUT2D eigenvalue weighted by Gasteiger charge is 2.36. The van der Waals surface area contributed by atoms with Crippen molar-refractivity contribution in [3.8, 4) is 11.5 Å². The van der Waals surface area contributed by atoms with E-state index in [4.69, 9.17) is 15.2 Å². The number of nitrogens with one attached hydrogen (secondary N) is 1. The average molecular weight is 522 g/mol. The standard InChI is InChI=1S/C26H31F4N5O2/c1-13(12-35(4)17-6-7-17)37-23-10-19-21(11-22(23)36-5)33-15(3)34-25(19)32-14(2)18-8-16(31)9-20(24(18)27)26(28,29)30/h8-11,13-14,17H,6-7,12,31H2,1-5H3,(H,32,33,34)/t13-,14-/m1/s1. The molecule has 0 radical (unpaired) electrons. The Morgan fingerprint density at radius 2 is 1.84 bits per heavy atom. The van der Waals surface area contributed by atoms with Crippen molar-refractivity contribution in [1.82, 2.24) is 14.9 Å². The summed E-state index contributed by atoms with van der Waals surface area (Å²) in [7, 11) is 3.60. The van der Waals surface area contributed by atoms with Gasteiger partial charge in [0.25, 0.3) is 0 Å². The van der Waals surface area contributed by atoms with E-state index in [1.54, 1.807) is 19.1 Å². The first-order chi connectivity index (χ1) is 17.4. The summed E-state index contributed by atoms with van der Waals surface area (Å²) >= 11 is 0. The van der Waals surface area contributed by atoms with Crippen molar-refractivity contribution in [3.63, 3.8) is 0 Å². The quantitative estimate of drug-likeness (QED) is 0.275. The average Bonchev–Trinajstić information content (AvgIpc) is 3.65. The van der Waals surface area contributed by atoms with Gasteiger partial charge in [-0.05, 0) is 58.9 Å². The fraction of sp³-hybridized carbons (Fsp3) is 0.462. The van der Waals surface area contributed by atoms with Gasteiger partial charge in [-0.1, -0.05) is 0 Å². The molecule has 1 aliphatic carbocycles. The number of ether oxygens (including phenoxy) is 2. The minimum absolute atomic E-state index is 0.138. The highest BCUT2D eigenvalue weighted by atomic mass is 19.4. The van der Waals surface area contributed by atoms with Crippen molar-refractivity contribution in [2.75, 3.05) is 31.8 Å². The fourth-order valence-corrected chi connectivity index (χ4v) is 4.41. The molecule has 1 fully saturated rings. The zero-order valence-electron chi connectivity index (χ0n) is 21.4. The Kier molecular flexibility index (Phi) is 7.36. The molecule has 1 aromatic heterocycles. The number of halogens is 4. The molecule has 1 saturated carbocycles. The van der Waals surface area contributed by atoms with Crippen molar-refractivity contribution in [2.24, 2.45) is 0 Å². The predicted molar refractivity (Wildman–Crippen MR) is 134 cm³/mol. The zero-order valence-corrected chi connectivity index (χ0v) is 21.4. The van der Waals surface area contributed by atoms with Crippen LogP contribution >= 0.6 is 0 Å². The first-order valence-corrected chi connectivity index (χ1v) is 12.0. The van der Waals surface area contributed by atoms with Gasteiger partial charge in [0.15, 0.2) is 11.5 Å². The van der Waals surface area contributed by atoms with E-state index < -0.39 is 23.6 Å². The number of nitrogen functional groups attached to an aromatic ring is 1. The minimum atomic E-state index is -4.88. The summed E-state index contributed by atoms with van der Waals surface area (Å²) < 4.78 is 66.6. The zero-order chi connectivity index (χ0) is 27.1. The second-order valence-corrected chi connectivity index (χ2v) is 9.57. The number of methoxy groups -OCH3 is 1. The molecule has 0 saturated heterocycles. The summed E-state index contributed by atoms with van der Waals surface area (Å²) in [5, 5.41) is 3.60. The van der Waals surface area contributed by atoms with E-state index in [2.05, 4.69) is 27.2 Å². The van der Waals surface area contributed by atoms with Gasteiger partial charge in [0, 0.05) is 35.3 Å². The normalized spacial score (nSPS) is 15.6. The van der Waals surface area contributed by atoms with Crippen LogP contribution in [0.5, 0.6) is 11.5 Å². The fourth-order valence-electron chi connectivity index (χ4n) is 4.41. The molecule has 0 spiro atoms. The van der Waals surface area contributed by atoms with Gasteiger partial charge in [-0.15, -0.1) is 0 Å². The predicted octanol–water partition coefficient (Wildman–Crippen LogP) is 5.72. The van der Waals surface area contributed by atoms with E-state index in [0.29, 0.717) is 46.2 Å². The Hall–Kier alpha value is -3.34. The van der Waals surface area contributed by atoms with Gasteiger partial charge < -0.3 is 20.5 Å². The van der Waals surface area contributed by atoms with Crippen molar-refractivity contribution in [1.29, 1.82) is 0 Å². The second-order valence-electron chi connectivity index (χ2n) is 9.57. The van der Waals surface area contributed by atoms with Crippen LogP contribution in [-0.4, -0.2) is 47.7 Å². The minimum Gasteiger partial charge on any atom is -0.493 e. The molecular formula is C26H31F4N5O2. The second kappa shape index (κ2) is 10.2. The third-order valence-corrected chi connectivity index (χ3v) is 6.38. The van der Waals surface area contributed by atoms with Crippen LogP contribution in [-0.2, 0) is 6.18 Å². The number of hydrogen-bond acceptors (Lipinski definition) is 7. The SMILES string of the molecule is COc1cc2nc(C)nc(N[C@H](C)c3cc(N)cc(C(F)(F)F)c3F)c2cc1O[C@H](C)CN(C)C1CC1. The van der Waals surface area contributed by atoms with Gasteiger partial charge >= 0.3 is 6.18 Å². The van der Waals surface area contributed by atoms with Gasteiger partial charge in [-0.2, -0.15) is 13.2 Å². The molecule has 7 nitrogen and oxygen atoms in total. The molecule has 0 unspecified atom stereocenters. The van der Waals surface area contributed by atoms with E-state index in [1.807, 2.05) is 6.92 Å². The summed E-state index contributed by atoms with van der Waals surface area (Å²) in [6, 6.07) is 4.92. The lowest BCUT2D eigenvalue weighted by Gasteiger charge is -2.23. The number of likely N-dealkylation sites (N-methyl/N-ethyl adjacent to an activating group) is 1. The van der Waals surface area contributed by atoms with Crippen molar-refractivity contribution in [3.05, 3.63) is 47.0 Å². The number of benzene rings is 2. The largest absolute Gasteiger partial charge is 0.493 e. The molecule has 37 heavy (non-hydrogen) atoms. The molecule has 2 aromatic carbocycles. The Morgan fingerprint density at radius 3 is 2.46 bits per heavy atom. The Balaban J connectivity index is 1.69. The van der Waals surface area contributed by atoms with E-state index in [1.165, 1.54) is 32.9 Å². The smallest absolute Gasteiger partial charge is 0.419 e. The molecule has 1 heterocycles. The number of fused-ring (bicyclic) bond motifs is 1. The third kappa shape index (κ3) is 5.98. The summed E-state index contributed by atoms with van der Waals surface area (Å²) in [4.78, 5) is 11.2. The molecule has 3 aromatic rings. The number of nitrogens with zero attached hydrogens (tertiary/aromatic N) is 3. The highest BCUT2D eigenvalue weighted by Crippen LogP contribution is 2.38. The summed E-state index contributed by atoms with van der Waals surface area (Å²) in [6.07, 6.45) is -2.64. The van der Waals surface area contributed by atoms with Gasteiger partial charge in [0.05, 0.1) is 24.2 Å². The Labute approximate surface area is 213 Å². The van der Waals surface area contributed by atoms with Crippen LogP contribution in [0.1, 0.15) is 49.7 Å². The van der Waals surface area contributed by atoms with Crippen LogP contribution in [0.25, 0.3) is 10.9 Å². The number of aromatic nitrogens is 2. The lowest BCUT2D eigenvalue weighted by atomic mass is 10.0. The number of aryl methyl sites for hydroxylation is 1. The molecule has 200 valence electrons. The Morgan fingerprint density at radius 1 is 1.14 bits per heavy atom. The van der Waals surface area contributed by atoms with E-state index in [0.717, 1.165) is 6.54 Å². The molecule has 0 amide bonds. The van der Waals surface area contributed by atoms with Crippen LogP contribution < -0.4 is 20.5 Å². The monoisotopic (exact) mass is 521 g/mol. The molecule has 2 atom stereocenters. The highest BCUT2D eigenvalue weighted by molar-refractivity contribution is 5.92. The van der Waals surface area contributed by atoms with E-state index >= 15 is 0 Å². The molecule has 11 heteroatoms. The van der Waals surface area contributed by atoms with Gasteiger partial charge in [0.2, 0.25) is 0 Å². The van der Waals surface area contributed by atoms with Crippen molar-refractivity contribution in [2.45, 2.75) is 58.0 Å². The molecule has 0 bridgehead atoms. The molecule has 3 N–H and O–H groups in total. The summed E-state index contributed by atoms with van der Waals surface area (Å²) in [5.41, 5.74) is 4.39. The van der Waals surface area contributed by atoms with Crippen LogP contribution in [0.2, 0.25) is 0 Å². The summed E-state index contributed by atoms with van der Waals surface area (Å²) in [5.74, 6) is 0.324. The van der Waals surface area contributed by atoms with E-state index in [9.17, 15) is 17.6 Å². The third-order valence-electron chi connectivity index (χ3n) is 6.38. The van der Waals surface area contributed by atoms with Crippen LogP contribution in [0.15, 0.2) is 24.3 Å². The van der Waals surface area contributed by atoms with Crippen LogP contribution in [0.3, 0.4) is 0 Å². The number of nitrogens with two attached hydrogens (primary N) is 1. The van der Waals surface area contributed by atoms with Crippen LogP contribution in [0, 0.1) is 12.7 Å². The van der Waals surface area contributed by atoms with Gasteiger partial charge in [-0.25, -0.2) is 14.4 Å². The maximum atomic E-state index is 14.9. The van der Waals surface area contributed by atoms with Gasteiger partial charge in [0.1, 0.15) is 23.6 Å². The van der Waals surface area contributed by atoms with E-state index in [-0.39, 0.29) is 17.4 Å². The lowest BCUT2D eigenvalue weighted by Crippen LogP contribution is -2.32. The molecule has 0 aliphatic heterocycles. The summed E-state index contributed by atoms with van der Waals surface area (Å²) in [6.45, 7) is 5.92. The lowest BCUT2D eigenvalue weighted by molar-refractivity contribution is -0.140. The number of anilines is 2. The Bertz CT molecular complexity index is 1300. The number of hydrogen-bond donors (Lipinski definition) is 2. The first-order valence-electron chi connectivity index (χ1n) is 12.0. The number of alkyl halides is 3. The van der Waals surface area contributed by atoms with Crippen LogP contribution in [0.4, 0.5) is 29.1 Å². The molecule has 1 aliphatic rings. The molecule has 4 rings (SSSR count). The first kappa shape index (κ1) is 26.7. The maximum Gasteiger partial charge on any atom is 0.419 e. The van der Waals surface area contributed by atoms with Crippen molar-refractivity contribution < 1.29 is 27.0 Å². The van der Waals surface area contributed by atoms with Gasteiger partial charge in [-0.3, -0.25) is 4.90 Å². The molecular weight excluding hydrogens is 490 g/mol. The topological polar surface area (TPSA) is 85.5 Å². The maximum absolute atomic E-state index is 14.9. The van der Waals surface area contributed by atoms with Crippen molar-refractivity contribution >= 4 is 22.4 Å².